The minimum Gasteiger partial charge on any atom is -0.507 e. The highest BCUT2D eigenvalue weighted by molar-refractivity contribution is 5.96. The number of rotatable bonds is 6. The Morgan fingerprint density at radius 3 is 2.74 bits per heavy atom. The van der Waals surface area contributed by atoms with Crippen LogP contribution in [0.1, 0.15) is 30.6 Å². The molecule has 1 rings (SSSR count). The number of carbonyl (C=O) groups excluding carboxylic acids is 1. The van der Waals surface area contributed by atoms with Gasteiger partial charge in [-0.2, -0.15) is 0 Å². The van der Waals surface area contributed by atoms with E-state index in [-0.39, 0.29) is 17.2 Å². The molecule has 0 fully saturated rings. The summed E-state index contributed by atoms with van der Waals surface area (Å²) in [5, 5.41) is 12.2. The number of phenols is 1. The molecule has 0 atom stereocenters. The molecular formula is C14H21FN2O2. The molecule has 0 aromatic heterocycles. The number of aromatic hydroxyl groups is 1. The molecule has 4 nitrogen and oxygen atoms in total. The summed E-state index contributed by atoms with van der Waals surface area (Å²) in [5.41, 5.74) is 0.0959. The fourth-order valence-electron chi connectivity index (χ4n) is 1.58. The monoisotopic (exact) mass is 268 g/mol. The van der Waals surface area contributed by atoms with Gasteiger partial charge in [-0.15, -0.1) is 0 Å². The Balaban J connectivity index is 2.39. The lowest BCUT2D eigenvalue weighted by Gasteiger charge is -2.20. The molecular weight excluding hydrogens is 247 g/mol. The second-order valence-electron chi connectivity index (χ2n) is 4.85. The minimum absolute atomic E-state index is 0.0959. The third-order valence-corrected chi connectivity index (χ3v) is 3.06. The Morgan fingerprint density at radius 1 is 1.47 bits per heavy atom. The quantitative estimate of drug-likeness (QED) is 0.776. The second-order valence-corrected chi connectivity index (χ2v) is 4.85. The van der Waals surface area contributed by atoms with E-state index in [4.69, 9.17) is 0 Å². The number of carbonyl (C=O) groups is 1. The van der Waals surface area contributed by atoms with E-state index in [1.54, 1.807) is 0 Å². The first-order valence-corrected chi connectivity index (χ1v) is 6.38. The van der Waals surface area contributed by atoms with Crippen molar-refractivity contribution in [1.82, 2.24) is 10.2 Å². The lowest BCUT2D eigenvalue weighted by Crippen LogP contribution is -2.31. The van der Waals surface area contributed by atoms with Crippen molar-refractivity contribution in [1.29, 1.82) is 0 Å². The summed E-state index contributed by atoms with van der Waals surface area (Å²) in [7, 11) is 2.03. The van der Waals surface area contributed by atoms with Gasteiger partial charge < -0.3 is 15.3 Å². The summed E-state index contributed by atoms with van der Waals surface area (Å²) in [4.78, 5) is 13.9. The highest BCUT2D eigenvalue weighted by Crippen LogP contribution is 2.17. The normalized spacial score (nSPS) is 11.1. The van der Waals surface area contributed by atoms with E-state index in [9.17, 15) is 14.3 Å². The van der Waals surface area contributed by atoms with Crippen molar-refractivity contribution in [3.8, 4) is 5.75 Å². The van der Waals surface area contributed by atoms with Crippen molar-refractivity contribution >= 4 is 5.91 Å². The molecule has 0 unspecified atom stereocenters. The predicted molar refractivity (Wildman–Crippen MR) is 72.8 cm³/mol. The van der Waals surface area contributed by atoms with Gasteiger partial charge in [0.05, 0.1) is 5.56 Å². The zero-order valence-electron chi connectivity index (χ0n) is 11.6. The van der Waals surface area contributed by atoms with E-state index in [0.717, 1.165) is 25.1 Å². The van der Waals surface area contributed by atoms with Gasteiger partial charge in [-0.1, -0.05) is 0 Å². The zero-order valence-corrected chi connectivity index (χ0v) is 11.6. The van der Waals surface area contributed by atoms with Crippen LogP contribution in [-0.2, 0) is 0 Å². The van der Waals surface area contributed by atoms with Gasteiger partial charge in [-0.25, -0.2) is 4.39 Å². The number of halogens is 1. The zero-order chi connectivity index (χ0) is 14.4. The molecule has 1 amide bonds. The van der Waals surface area contributed by atoms with Crippen LogP contribution in [0, 0.1) is 5.82 Å². The molecule has 0 saturated heterocycles. The molecule has 0 heterocycles. The molecule has 5 heteroatoms. The summed E-state index contributed by atoms with van der Waals surface area (Å²) in [5.74, 6) is -1.28. The molecule has 0 aliphatic rings. The van der Waals surface area contributed by atoms with Crippen molar-refractivity contribution < 1.29 is 14.3 Å². The largest absolute Gasteiger partial charge is 0.507 e. The molecule has 0 bridgehead atoms. The molecule has 0 spiro atoms. The highest BCUT2D eigenvalue weighted by Gasteiger charge is 2.11. The van der Waals surface area contributed by atoms with E-state index < -0.39 is 5.82 Å². The molecule has 19 heavy (non-hydrogen) atoms. The lowest BCUT2D eigenvalue weighted by molar-refractivity contribution is 0.0949. The highest BCUT2D eigenvalue weighted by atomic mass is 19.1. The predicted octanol–water partition coefficient (Wildman–Crippen LogP) is 1.99. The summed E-state index contributed by atoms with van der Waals surface area (Å²) in [6.07, 6.45) is 0.822. The Hall–Kier alpha value is -1.62. The number of phenolic OH excluding ortho intramolecular Hbond substituents is 1. The molecule has 0 radical (unpaired) electrons. The fraction of sp³-hybridized carbons (Fsp3) is 0.500. The van der Waals surface area contributed by atoms with Gasteiger partial charge in [0.2, 0.25) is 0 Å². The number of benzene rings is 1. The average Bonchev–Trinajstić information content (AvgIpc) is 2.33. The molecule has 1 aromatic rings. The Bertz CT molecular complexity index is 435. The van der Waals surface area contributed by atoms with Crippen LogP contribution in [0.4, 0.5) is 4.39 Å². The van der Waals surface area contributed by atoms with Gasteiger partial charge in [0.1, 0.15) is 11.6 Å². The van der Waals surface area contributed by atoms with Crippen LogP contribution < -0.4 is 5.32 Å². The average molecular weight is 268 g/mol. The van der Waals surface area contributed by atoms with Crippen LogP contribution in [0.25, 0.3) is 0 Å². The van der Waals surface area contributed by atoms with E-state index in [0.29, 0.717) is 12.6 Å². The third-order valence-electron chi connectivity index (χ3n) is 3.06. The maximum Gasteiger partial charge on any atom is 0.255 e. The molecule has 0 aliphatic carbocycles. The first kappa shape index (κ1) is 15.4. The van der Waals surface area contributed by atoms with Crippen LogP contribution in [0.2, 0.25) is 0 Å². The van der Waals surface area contributed by atoms with Gasteiger partial charge in [-0.3, -0.25) is 4.79 Å². The Labute approximate surface area is 113 Å². The SMILES string of the molecule is CC(C)N(C)CCCNC(=O)c1ccc(F)cc1O. The summed E-state index contributed by atoms with van der Waals surface area (Å²) < 4.78 is 12.8. The van der Waals surface area contributed by atoms with Crippen molar-refractivity contribution in [2.45, 2.75) is 26.3 Å². The van der Waals surface area contributed by atoms with Crippen LogP contribution in [0.15, 0.2) is 18.2 Å². The van der Waals surface area contributed by atoms with Crippen LogP contribution in [-0.4, -0.2) is 42.1 Å². The van der Waals surface area contributed by atoms with E-state index >= 15 is 0 Å². The molecule has 0 aliphatic heterocycles. The first-order valence-electron chi connectivity index (χ1n) is 6.38. The van der Waals surface area contributed by atoms with Gasteiger partial charge in [0, 0.05) is 18.7 Å². The maximum atomic E-state index is 12.8. The van der Waals surface area contributed by atoms with Gasteiger partial charge in [-0.05, 0) is 46.0 Å². The van der Waals surface area contributed by atoms with Crippen LogP contribution in [0.5, 0.6) is 5.75 Å². The molecule has 1 aromatic carbocycles. The minimum atomic E-state index is -0.562. The van der Waals surface area contributed by atoms with E-state index in [2.05, 4.69) is 24.1 Å². The lowest BCUT2D eigenvalue weighted by atomic mass is 10.2. The van der Waals surface area contributed by atoms with Gasteiger partial charge in [0.15, 0.2) is 0 Å². The van der Waals surface area contributed by atoms with Crippen LogP contribution in [0.3, 0.4) is 0 Å². The third kappa shape index (κ3) is 4.87. The van der Waals surface area contributed by atoms with Crippen molar-refractivity contribution in [2.75, 3.05) is 20.1 Å². The van der Waals surface area contributed by atoms with Gasteiger partial charge in [0.25, 0.3) is 5.91 Å². The van der Waals surface area contributed by atoms with E-state index in [1.165, 1.54) is 6.07 Å². The van der Waals surface area contributed by atoms with Crippen molar-refractivity contribution in [3.05, 3.63) is 29.6 Å². The van der Waals surface area contributed by atoms with Crippen molar-refractivity contribution in [3.63, 3.8) is 0 Å². The number of hydrogen-bond acceptors (Lipinski definition) is 3. The summed E-state index contributed by atoms with van der Waals surface area (Å²) >= 11 is 0. The standard InChI is InChI=1S/C14H21FN2O2/c1-10(2)17(3)8-4-7-16-14(19)12-6-5-11(15)9-13(12)18/h5-6,9-10,18H,4,7-8H2,1-3H3,(H,16,19). The molecule has 0 saturated carbocycles. The first-order chi connectivity index (χ1) is 8.91. The number of amides is 1. The second kappa shape index (κ2) is 7.09. The number of nitrogens with one attached hydrogen (secondary N) is 1. The fourth-order valence-corrected chi connectivity index (χ4v) is 1.58. The van der Waals surface area contributed by atoms with Crippen molar-refractivity contribution in [2.24, 2.45) is 0 Å². The molecule has 106 valence electrons. The maximum absolute atomic E-state index is 12.8. The van der Waals surface area contributed by atoms with Gasteiger partial charge >= 0.3 is 0 Å². The smallest absolute Gasteiger partial charge is 0.255 e. The summed E-state index contributed by atoms with van der Waals surface area (Å²) in [6.45, 7) is 5.62. The molecule has 2 N–H and O–H groups in total. The van der Waals surface area contributed by atoms with Crippen LogP contribution >= 0.6 is 0 Å². The Kier molecular flexibility index (Phi) is 5.76. The number of nitrogens with zero attached hydrogens (tertiary/aromatic N) is 1. The summed E-state index contributed by atoms with van der Waals surface area (Å²) in [6, 6.07) is 3.83. The number of hydrogen-bond donors (Lipinski definition) is 2. The topological polar surface area (TPSA) is 52.6 Å². The van der Waals surface area contributed by atoms with E-state index in [1.807, 2.05) is 7.05 Å². The Morgan fingerprint density at radius 2 is 2.16 bits per heavy atom.